The van der Waals surface area contributed by atoms with Gasteiger partial charge in [-0.25, -0.2) is 4.39 Å². The van der Waals surface area contributed by atoms with E-state index >= 15 is 0 Å². The lowest BCUT2D eigenvalue weighted by Gasteiger charge is -2.08. The average Bonchev–Trinajstić information content (AvgIpc) is 2.87. The highest BCUT2D eigenvalue weighted by atomic mass is 35.5. The molecule has 0 saturated heterocycles. The number of carbonyl (C=O) groups is 1. The number of aryl methyl sites for hydroxylation is 2. The van der Waals surface area contributed by atoms with Gasteiger partial charge < -0.3 is 9.88 Å². The molecular weight excluding hydrogens is 351 g/mol. The van der Waals surface area contributed by atoms with Crippen molar-refractivity contribution in [3.05, 3.63) is 67.7 Å². The molecule has 0 atom stereocenters. The first kappa shape index (κ1) is 16.7. The maximum Gasteiger partial charge on any atom is 0.259 e. The number of benzene rings is 1. The molecule has 3 aromatic rings. The lowest BCUT2D eigenvalue weighted by molar-refractivity contribution is 0.0952. The molecule has 0 fully saturated rings. The van der Waals surface area contributed by atoms with Crippen molar-refractivity contribution in [3.63, 3.8) is 0 Å². The number of nitrogens with zero attached hydrogens (tertiary/aromatic N) is 1. The molecule has 0 aliphatic rings. The molecule has 7 heteroatoms. The Morgan fingerprint density at radius 1 is 1.38 bits per heavy atom. The molecular formula is C17H14ClFN2O2S. The van der Waals surface area contributed by atoms with Crippen LogP contribution in [0, 0.1) is 12.7 Å². The van der Waals surface area contributed by atoms with Gasteiger partial charge in [-0.1, -0.05) is 17.7 Å². The van der Waals surface area contributed by atoms with E-state index in [0.717, 1.165) is 9.58 Å². The summed E-state index contributed by atoms with van der Waals surface area (Å²) in [5.74, 6) is -0.777. The van der Waals surface area contributed by atoms with Crippen molar-refractivity contribution in [2.45, 2.75) is 13.5 Å². The van der Waals surface area contributed by atoms with Crippen LogP contribution in [0.4, 0.5) is 4.39 Å². The molecule has 4 nitrogen and oxygen atoms in total. The van der Waals surface area contributed by atoms with Gasteiger partial charge in [0, 0.05) is 34.4 Å². The third-order valence-corrected chi connectivity index (χ3v) is 5.20. The Morgan fingerprint density at radius 3 is 2.83 bits per heavy atom. The normalized spacial score (nSPS) is 11.0. The zero-order valence-corrected chi connectivity index (χ0v) is 14.6. The summed E-state index contributed by atoms with van der Waals surface area (Å²) in [6.07, 6.45) is 1.68. The average molecular weight is 365 g/mol. The minimum absolute atomic E-state index is 0.155. The number of nitrogens with one attached hydrogen (secondary N) is 1. The topological polar surface area (TPSA) is 51.1 Å². The summed E-state index contributed by atoms with van der Waals surface area (Å²) in [5.41, 5.74) is 0.785. The maximum atomic E-state index is 13.1. The van der Waals surface area contributed by atoms with Crippen molar-refractivity contribution in [2.75, 3.05) is 0 Å². The quantitative estimate of drug-likeness (QED) is 0.771. The van der Waals surface area contributed by atoms with E-state index in [1.165, 1.54) is 34.1 Å². The number of pyridine rings is 1. The molecule has 124 valence electrons. The largest absolute Gasteiger partial charge is 0.348 e. The summed E-state index contributed by atoms with van der Waals surface area (Å²) in [4.78, 5) is 25.7. The van der Waals surface area contributed by atoms with Crippen molar-refractivity contribution in [2.24, 2.45) is 7.05 Å². The molecule has 1 amide bonds. The van der Waals surface area contributed by atoms with Crippen LogP contribution in [0.5, 0.6) is 0 Å². The number of aromatic nitrogens is 1. The molecule has 0 aliphatic heterocycles. The van der Waals surface area contributed by atoms with Crippen molar-refractivity contribution in [1.29, 1.82) is 0 Å². The second-order valence-electron chi connectivity index (χ2n) is 5.42. The number of halogens is 2. The fourth-order valence-electron chi connectivity index (χ4n) is 2.52. The van der Waals surface area contributed by atoms with E-state index in [2.05, 4.69) is 5.32 Å². The summed E-state index contributed by atoms with van der Waals surface area (Å²) in [5, 5.41) is 3.42. The van der Waals surface area contributed by atoms with Crippen LogP contribution in [0.15, 0.2) is 35.3 Å². The number of hydrogen-bond acceptors (Lipinski definition) is 3. The molecule has 2 heterocycles. The Bertz CT molecular complexity index is 1010. The van der Waals surface area contributed by atoms with Gasteiger partial charge in [0.25, 0.3) is 11.5 Å². The molecule has 2 aromatic heterocycles. The van der Waals surface area contributed by atoms with Crippen molar-refractivity contribution in [1.82, 2.24) is 9.88 Å². The third-order valence-electron chi connectivity index (χ3n) is 3.78. The van der Waals surface area contributed by atoms with E-state index in [4.69, 9.17) is 11.6 Å². The summed E-state index contributed by atoms with van der Waals surface area (Å²) in [7, 11) is 1.65. The highest BCUT2D eigenvalue weighted by Gasteiger charge is 2.19. The molecule has 3 rings (SSSR count). The minimum atomic E-state index is -0.432. The highest BCUT2D eigenvalue weighted by molar-refractivity contribution is 7.19. The number of fused-ring (bicyclic) bond motifs is 1. The Morgan fingerprint density at radius 2 is 2.12 bits per heavy atom. The van der Waals surface area contributed by atoms with Gasteiger partial charge in [0.15, 0.2) is 0 Å². The number of hydrogen-bond donors (Lipinski definition) is 1. The highest BCUT2D eigenvalue weighted by Crippen LogP contribution is 2.28. The lowest BCUT2D eigenvalue weighted by atomic mass is 10.1. The van der Waals surface area contributed by atoms with E-state index < -0.39 is 5.82 Å². The molecule has 0 aliphatic carbocycles. The van der Waals surface area contributed by atoms with E-state index in [1.807, 2.05) is 13.0 Å². The molecule has 0 bridgehead atoms. The fraction of sp³-hybridized carbons (Fsp3) is 0.176. The third kappa shape index (κ3) is 2.95. The second kappa shape index (κ2) is 6.37. The van der Waals surface area contributed by atoms with Crippen LogP contribution in [0.1, 0.15) is 20.8 Å². The SMILES string of the molecule is Cc1sc2ccn(C)c(=O)c2c1C(=O)NCc1ccc(F)cc1Cl. The fourth-order valence-corrected chi connectivity index (χ4v) is 3.80. The van der Waals surface area contributed by atoms with Gasteiger partial charge in [-0.05, 0) is 30.7 Å². The maximum absolute atomic E-state index is 13.1. The Balaban J connectivity index is 1.93. The smallest absolute Gasteiger partial charge is 0.259 e. The van der Waals surface area contributed by atoms with Crippen LogP contribution >= 0.6 is 22.9 Å². The molecule has 0 saturated carbocycles. The minimum Gasteiger partial charge on any atom is -0.348 e. The van der Waals surface area contributed by atoms with Gasteiger partial charge in [0.1, 0.15) is 5.82 Å². The van der Waals surface area contributed by atoms with Crippen LogP contribution in [0.3, 0.4) is 0 Å². The number of thiophene rings is 1. The summed E-state index contributed by atoms with van der Waals surface area (Å²) >= 11 is 7.37. The summed E-state index contributed by atoms with van der Waals surface area (Å²) < 4.78 is 15.3. The molecule has 1 N–H and O–H groups in total. The molecule has 0 unspecified atom stereocenters. The first-order valence-electron chi connectivity index (χ1n) is 7.19. The first-order valence-corrected chi connectivity index (χ1v) is 8.39. The number of carbonyl (C=O) groups excluding carboxylic acids is 1. The molecule has 24 heavy (non-hydrogen) atoms. The second-order valence-corrected chi connectivity index (χ2v) is 7.09. The zero-order valence-electron chi connectivity index (χ0n) is 13.0. The molecule has 0 radical (unpaired) electrons. The van der Waals surface area contributed by atoms with E-state index in [9.17, 15) is 14.0 Å². The number of rotatable bonds is 3. The van der Waals surface area contributed by atoms with Crippen LogP contribution in [0.2, 0.25) is 5.02 Å². The standard InChI is InChI=1S/C17H14ClFN2O2S/c1-9-14(15-13(24-9)5-6-21(2)17(15)23)16(22)20-8-10-3-4-11(19)7-12(10)18/h3-7H,8H2,1-2H3,(H,20,22). The zero-order chi connectivity index (χ0) is 17.4. The van der Waals surface area contributed by atoms with Crippen molar-refractivity contribution < 1.29 is 9.18 Å². The summed E-state index contributed by atoms with van der Waals surface area (Å²) in [6, 6.07) is 5.83. The number of amides is 1. The summed E-state index contributed by atoms with van der Waals surface area (Å²) in [6.45, 7) is 1.96. The van der Waals surface area contributed by atoms with Crippen LogP contribution < -0.4 is 10.9 Å². The van der Waals surface area contributed by atoms with Crippen LogP contribution in [0.25, 0.3) is 10.1 Å². The van der Waals surface area contributed by atoms with Gasteiger partial charge in [-0.15, -0.1) is 11.3 Å². The first-order chi connectivity index (χ1) is 11.4. The van der Waals surface area contributed by atoms with E-state index in [0.29, 0.717) is 16.5 Å². The van der Waals surface area contributed by atoms with E-state index in [1.54, 1.807) is 13.2 Å². The van der Waals surface area contributed by atoms with Crippen LogP contribution in [-0.4, -0.2) is 10.5 Å². The Kier molecular flexibility index (Phi) is 4.43. The van der Waals surface area contributed by atoms with Crippen molar-refractivity contribution in [3.8, 4) is 0 Å². The predicted octanol–water partition coefficient (Wildman–Crippen LogP) is 3.63. The monoisotopic (exact) mass is 364 g/mol. The van der Waals surface area contributed by atoms with E-state index in [-0.39, 0.29) is 23.0 Å². The van der Waals surface area contributed by atoms with Gasteiger partial charge in [-0.2, -0.15) is 0 Å². The van der Waals surface area contributed by atoms with Crippen molar-refractivity contribution >= 4 is 38.9 Å². The predicted molar refractivity (Wildman–Crippen MR) is 94.4 cm³/mol. The van der Waals surface area contributed by atoms with Gasteiger partial charge in [0.05, 0.1) is 10.9 Å². The van der Waals surface area contributed by atoms with Gasteiger partial charge in [0.2, 0.25) is 0 Å². The van der Waals surface area contributed by atoms with Gasteiger partial charge in [-0.3, -0.25) is 9.59 Å². The Labute approximate surface area is 146 Å². The molecule has 0 spiro atoms. The molecule has 1 aromatic carbocycles. The lowest BCUT2D eigenvalue weighted by Crippen LogP contribution is -2.25. The van der Waals surface area contributed by atoms with Gasteiger partial charge >= 0.3 is 0 Å². The van der Waals surface area contributed by atoms with Crippen LogP contribution in [-0.2, 0) is 13.6 Å². The Hall–Kier alpha value is -2.18.